The fourth-order valence-corrected chi connectivity index (χ4v) is 3.39. The predicted molar refractivity (Wildman–Crippen MR) is 106 cm³/mol. The van der Waals surface area contributed by atoms with E-state index in [1.54, 1.807) is 0 Å². The molecule has 2 unspecified atom stereocenters. The lowest BCUT2D eigenvalue weighted by Crippen LogP contribution is -2.35. The summed E-state index contributed by atoms with van der Waals surface area (Å²) in [7, 11) is 0. The lowest BCUT2D eigenvalue weighted by Gasteiger charge is -2.23. The van der Waals surface area contributed by atoms with E-state index in [9.17, 15) is 19.8 Å². The zero-order valence-electron chi connectivity index (χ0n) is 14.6. The van der Waals surface area contributed by atoms with Crippen LogP contribution in [0.5, 0.6) is 0 Å². The van der Waals surface area contributed by atoms with Gasteiger partial charge in [-0.1, -0.05) is 72.1 Å². The number of Topliss-reactive ketones (excluding diaryl/α,β-unsaturated/α-hetero) is 1. The van der Waals surface area contributed by atoms with Crippen LogP contribution in [0.4, 0.5) is 0 Å². The van der Waals surface area contributed by atoms with Crippen LogP contribution in [0.3, 0.4) is 0 Å². The second kappa shape index (κ2) is 9.72. The number of ketones is 1. The van der Waals surface area contributed by atoms with Gasteiger partial charge in [-0.15, -0.1) is 0 Å². The molecule has 0 amide bonds. The van der Waals surface area contributed by atoms with E-state index in [4.69, 9.17) is 46.4 Å². The molecule has 0 fully saturated rings. The number of hydrogen-bond donors (Lipinski definition) is 2. The van der Waals surface area contributed by atoms with Crippen LogP contribution in [0.1, 0.15) is 62.7 Å². The molecule has 2 N–H and O–H groups in total. The zero-order valence-corrected chi connectivity index (χ0v) is 17.6. The summed E-state index contributed by atoms with van der Waals surface area (Å²) in [5.74, 6) is -0.577. The van der Waals surface area contributed by atoms with Gasteiger partial charge in [-0.3, -0.25) is 4.79 Å². The van der Waals surface area contributed by atoms with Gasteiger partial charge in [0.2, 0.25) is 0 Å². The monoisotopic (exact) mass is 442 g/mol. The summed E-state index contributed by atoms with van der Waals surface area (Å²) in [5, 5.41) is 20.2. The van der Waals surface area contributed by atoms with E-state index in [0.29, 0.717) is 25.5 Å². The minimum Gasteiger partial charge on any atom is -0.383 e. The molecule has 26 heavy (non-hydrogen) atoms. The number of aliphatic hydroxyl groups is 2. The van der Waals surface area contributed by atoms with Crippen LogP contribution in [-0.4, -0.2) is 33.5 Å². The first kappa shape index (κ1) is 23.7. The molecule has 2 atom stereocenters. The maximum Gasteiger partial charge on any atom is 0.195 e. The van der Waals surface area contributed by atoms with Crippen LogP contribution in [0.25, 0.3) is 0 Å². The van der Waals surface area contributed by atoms with Gasteiger partial charge in [0.05, 0.1) is 20.1 Å². The van der Waals surface area contributed by atoms with E-state index in [-0.39, 0.29) is 32.1 Å². The Labute approximate surface area is 173 Å². The highest BCUT2D eigenvalue weighted by Gasteiger charge is 2.33. The first-order valence-corrected chi connectivity index (χ1v) is 9.73. The SMILES string of the molecule is CC(O)(C=O)CCCCCCC(C)(O)C(=O)c1cc(Cl)c(Cl)c(Cl)c1Cl. The van der Waals surface area contributed by atoms with Crippen LogP contribution in [-0.2, 0) is 4.79 Å². The third kappa shape index (κ3) is 6.36. The predicted octanol–water partition coefficient (Wildman–Crippen LogP) is 5.52. The molecule has 0 radical (unpaired) electrons. The van der Waals surface area contributed by atoms with Gasteiger partial charge in [-0.05, 0) is 32.8 Å². The van der Waals surface area contributed by atoms with Crippen molar-refractivity contribution in [3.8, 4) is 0 Å². The van der Waals surface area contributed by atoms with Crippen molar-refractivity contribution < 1.29 is 19.8 Å². The van der Waals surface area contributed by atoms with Crippen LogP contribution < -0.4 is 0 Å². The van der Waals surface area contributed by atoms with Crippen molar-refractivity contribution in [2.75, 3.05) is 0 Å². The molecule has 0 bridgehead atoms. The number of carbonyl (C=O) groups excluding carboxylic acids is 2. The number of halogens is 4. The summed E-state index contributed by atoms with van der Waals surface area (Å²) in [6.45, 7) is 2.88. The average Bonchev–Trinajstić information content (AvgIpc) is 2.58. The summed E-state index contributed by atoms with van der Waals surface area (Å²) in [6.07, 6.45) is 3.92. The Hall–Kier alpha value is -0.360. The van der Waals surface area contributed by atoms with Gasteiger partial charge >= 0.3 is 0 Å². The molecule has 0 spiro atoms. The van der Waals surface area contributed by atoms with Gasteiger partial charge < -0.3 is 15.0 Å². The topological polar surface area (TPSA) is 74.6 Å². The van der Waals surface area contributed by atoms with Crippen molar-refractivity contribution >= 4 is 58.5 Å². The fraction of sp³-hybridized carbons (Fsp3) is 0.556. The smallest absolute Gasteiger partial charge is 0.195 e. The van der Waals surface area contributed by atoms with Crippen molar-refractivity contribution in [1.82, 2.24) is 0 Å². The minimum absolute atomic E-state index is 0.0257. The molecule has 146 valence electrons. The molecule has 1 aromatic rings. The standard InChI is InChI=1S/C18H22Cl4O4/c1-17(25,10-23)7-5-3-4-6-8-18(2,26)16(24)11-9-12(19)14(21)15(22)13(11)20/h9-10,25-26H,3-8H2,1-2H3. The number of rotatable bonds is 10. The van der Waals surface area contributed by atoms with Gasteiger partial charge in [0.1, 0.15) is 11.2 Å². The third-order valence-electron chi connectivity index (χ3n) is 4.19. The maximum atomic E-state index is 12.6. The number of benzene rings is 1. The van der Waals surface area contributed by atoms with Crippen LogP contribution in [0.2, 0.25) is 20.1 Å². The molecule has 8 heteroatoms. The molecule has 0 aliphatic rings. The van der Waals surface area contributed by atoms with Gasteiger partial charge in [0.15, 0.2) is 12.1 Å². The van der Waals surface area contributed by atoms with Crippen molar-refractivity contribution in [2.24, 2.45) is 0 Å². The molecule has 1 aromatic carbocycles. The first-order valence-electron chi connectivity index (χ1n) is 8.22. The molecular weight excluding hydrogens is 422 g/mol. The highest BCUT2D eigenvalue weighted by molar-refractivity contribution is 6.52. The molecule has 1 rings (SSSR count). The number of carbonyl (C=O) groups is 2. The third-order valence-corrected chi connectivity index (χ3v) is 5.94. The molecule has 0 aliphatic heterocycles. The summed E-state index contributed by atoms with van der Waals surface area (Å²) >= 11 is 23.9. The van der Waals surface area contributed by atoms with Crippen LogP contribution in [0.15, 0.2) is 6.07 Å². The van der Waals surface area contributed by atoms with Gasteiger partial charge in [0, 0.05) is 5.56 Å². The highest BCUT2D eigenvalue weighted by Crippen LogP contribution is 2.39. The zero-order chi connectivity index (χ0) is 20.1. The lowest BCUT2D eigenvalue weighted by atomic mass is 9.89. The van der Waals surface area contributed by atoms with Gasteiger partial charge in [-0.2, -0.15) is 0 Å². The quantitative estimate of drug-likeness (QED) is 0.164. The Morgan fingerprint density at radius 3 is 2.04 bits per heavy atom. The number of hydrogen-bond acceptors (Lipinski definition) is 4. The lowest BCUT2D eigenvalue weighted by molar-refractivity contribution is -0.123. The van der Waals surface area contributed by atoms with Crippen molar-refractivity contribution in [3.63, 3.8) is 0 Å². The summed E-state index contributed by atoms with van der Waals surface area (Å²) in [5.41, 5.74) is -2.90. The second-order valence-electron chi connectivity index (χ2n) is 6.84. The van der Waals surface area contributed by atoms with E-state index < -0.39 is 17.0 Å². The van der Waals surface area contributed by atoms with Gasteiger partial charge in [-0.25, -0.2) is 0 Å². The van der Waals surface area contributed by atoms with E-state index in [1.165, 1.54) is 19.9 Å². The highest BCUT2D eigenvalue weighted by atomic mass is 35.5. The Balaban J connectivity index is 2.63. The van der Waals surface area contributed by atoms with Crippen molar-refractivity contribution in [1.29, 1.82) is 0 Å². The molecule has 0 saturated heterocycles. The molecular formula is C18H22Cl4O4. The Kier molecular flexibility index (Phi) is 8.85. The van der Waals surface area contributed by atoms with Crippen LogP contribution >= 0.6 is 46.4 Å². The molecule has 4 nitrogen and oxygen atoms in total. The van der Waals surface area contributed by atoms with Crippen molar-refractivity contribution in [2.45, 2.75) is 63.6 Å². The normalized spacial score (nSPS) is 16.0. The largest absolute Gasteiger partial charge is 0.383 e. The summed E-state index contributed by atoms with van der Waals surface area (Å²) < 4.78 is 0. The Morgan fingerprint density at radius 1 is 0.962 bits per heavy atom. The summed E-state index contributed by atoms with van der Waals surface area (Å²) in [6, 6.07) is 1.30. The maximum absolute atomic E-state index is 12.6. The number of aldehydes is 1. The molecule has 0 aliphatic carbocycles. The molecule has 0 aromatic heterocycles. The van der Waals surface area contributed by atoms with E-state index in [2.05, 4.69) is 0 Å². The second-order valence-corrected chi connectivity index (χ2v) is 8.38. The van der Waals surface area contributed by atoms with E-state index in [1.807, 2.05) is 0 Å². The first-order chi connectivity index (χ1) is 11.9. The molecule has 0 saturated carbocycles. The fourth-order valence-electron chi connectivity index (χ4n) is 2.51. The minimum atomic E-state index is -1.63. The number of unbranched alkanes of at least 4 members (excludes halogenated alkanes) is 3. The summed E-state index contributed by atoms with van der Waals surface area (Å²) in [4.78, 5) is 23.3. The Morgan fingerprint density at radius 2 is 1.50 bits per heavy atom. The van der Waals surface area contributed by atoms with Crippen molar-refractivity contribution in [3.05, 3.63) is 31.7 Å². The van der Waals surface area contributed by atoms with E-state index >= 15 is 0 Å². The van der Waals surface area contributed by atoms with Gasteiger partial charge in [0.25, 0.3) is 0 Å². The molecule has 0 heterocycles. The van der Waals surface area contributed by atoms with E-state index in [0.717, 1.165) is 12.8 Å². The Bertz CT molecular complexity index is 672. The average molecular weight is 444 g/mol. The van der Waals surface area contributed by atoms with Crippen LogP contribution in [0, 0.1) is 0 Å².